The lowest BCUT2D eigenvalue weighted by atomic mass is 10.1. The number of benzene rings is 1. The summed E-state index contributed by atoms with van der Waals surface area (Å²) in [6.45, 7) is 7.43. The van der Waals surface area contributed by atoms with Crippen molar-refractivity contribution in [2.24, 2.45) is 0 Å². The molecule has 0 spiro atoms. The highest BCUT2D eigenvalue weighted by Crippen LogP contribution is 2.37. The predicted molar refractivity (Wildman–Crippen MR) is 111 cm³/mol. The first-order valence-corrected chi connectivity index (χ1v) is 10.3. The zero-order chi connectivity index (χ0) is 19.5. The predicted octanol–water partition coefficient (Wildman–Crippen LogP) is 1.65. The van der Waals surface area contributed by atoms with Crippen molar-refractivity contribution in [2.75, 3.05) is 47.5 Å². The molecule has 0 aliphatic carbocycles. The van der Waals surface area contributed by atoms with Crippen molar-refractivity contribution in [1.29, 1.82) is 0 Å². The number of nitrogens with zero attached hydrogens (tertiary/aromatic N) is 1. The molecule has 0 amide bonds. The Morgan fingerprint density at radius 3 is 2.07 bits per heavy atom. The maximum absolute atomic E-state index is 5.42. The molecular weight excluding hydrogens is 374 g/mol. The highest BCUT2D eigenvalue weighted by atomic mass is 35.5. The van der Waals surface area contributed by atoms with Gasteiger partial charge in [-0.2, -0.15) is 0 Å². The van der Waals surface area contributed by atoms with Gasteiger partial charge in [0.1, 0.15) is 0 Å². The number of ether oxygens (including phenoxy) is 3. The molecule has 0 bridgehead atoms. The molecule has 4 nitrogen and oxygen atoms in total. The number of rotatable bonds is 9. The lowest BCUT2D eigenvalue weighted by molar-refractivity contribution is -0.932. The molecule has 5 heteroatoms. The third kappa shape index (κ3) is 6.79. The summed E-state index contributed by atoms with van der Waals surface area (Å²) >= 11 is 0. The summed E-state index contributed by atoms with van der Waals surface area (Å²) in [5.74, 6) is 8.60. The van der Waals surface area contributed by atoms with Gasteiger partial charge in [-0.1, -0.05) is 25.2 Å². The molecule has 0 radical (unpaired) electrons. The molecule has 2 rings (SSSR count). The minimum Gasteiger partial charge on any atom is -1.00 e. The van der Waals surface area contributed by atoms with E-state index in [0.717, 1.165) is 12.0 Å². The summed E-state index contributed by atoms with van der Waals surface area (Å²) in [4.78, 5) is 0. The van der Waals surface area contributed by atoms with Crippen molar-refractivity contribution in [1.82, 2.24) is 0 Å². The molecule has 0 N–H and O–H groups in total. The van der Waals surface area contributed by atoms with Crippen molar-refractivity contribution < 1.29 is 31.1 Å². The van der Waals surface area contributed by atoms with E-state index in [0.29, 0.717) is 17.2 Å². The van der Waals surface area contributed by atoms with Crippen LogP contribution in [0.15, 0.2) is 12.1 Å². The minimum absolute atomic E-state index is 0. The summed E-state index contributed by atoms with van der Waals surface area (Å²) in [5, 5.41) is 0. The highest BCUT2D eigenvalue weighted by molar-refractivity contribution is 5.57. The van der Waals surface area contributed by atoms with Gasteiger partial charge in [-0.15, -0.1) is 0 Å². The molecule has 0 aromatic heterocycles. The number of piperidine rings is 1. The Morgan fingerprint density at radius 2 is 1.54 bits per heavy atom. The van der Waals surface area contributed by atoms with Gasteiger partial charge in [0, 0.05) is 5.56 Å². The van der Waals surface area contributed by atoms with Crippen LogP contribution < -0.4 is 26.6 Å². The summed E-state index contributed by atoms with van der Waals surface area (Å²) in [6, 6.07) is 3.83. The first-order valence-electron chi connectivity index (χ1n) is 10.3. The van der Waals surface area contributed by atoms with Gasteiger partial charge in [-0.3, -0.25) is 0 Å². The largest absolute Gasteiger partial charge is 1.00 e. The van der Waals surface area contributed by atoms with E-state index >= 15 is 0 Å². The molecule has 158 valence electrons. The van der Waals surface area contributed by atoms with Crippen LogP contribution in [0.5, 0.6) is 17.2 Å². The van der Waals surface area contributed by atoms with Crippen molar-refractivity contribution in [3.8, 4) is 29.1 Å². The fourth-order valence-corrected chi connectivity index (χ4v) is 4.05. The van der Waals surface area contributed by atoms with Gasteiger partial charge >= 0.3 is 0 Å². The second-order valence-corrected chi connectivity index (χ2v) is 7.47. The zero-order valence-electron chi connectivity index (χ0n) is 18.0. The second kappa shape index (κ2) is 12.8. The van der Waals surface area contributed by atoms with Gasteiger partial charge in [0.15, 0.2) is 11.5 Å². The molecule has 1 fully saturated rings. The summed E-state index contributed by atoms with van der Waals surface area (Å²) in [7, 11) is 4.88. The number of unbranched alkanes of at least 4 members (excludes halogenated alkanes) is 2. The van der Waals surface area contributed by atoms with Crippen LogP contribution in [0.3, 0.4) is 0 Å². The minimum atomic E-state index is 0. The Morgan fingerprint density at radius 1 is 0.893 bits per heavy atom. The van der Waals surface area contributed by atoms with E-state index in [2.05, 4.69) is 18.8 Å². The first-order chi connectivity index (χ1) is 13.2. The van der Waals surface area contributed by atoms with E-state index in [4.69, 9.17) is 14.2 Å². The van der Waals surface area contributed by atoms with Gasteiger partial charge in [0.05, 0.1) is 53.9 Å². The van der Waals surface area contributed by atoms with Crippen LogP contribution in [0, 0.1) is 11.8 Å². The number of quaternary nitrogens is 1. The monoisotopic (exact) mass is 409 g/mol. The van der Waals surface area contributed by atoms with E-state index < -0.39 is 0 Å². The van der Waals surface area contributed by atoms with E-state index in [1.54, 1.807) is 21.3 Å². The second-order valence-electron chi connectivity index (χ2n) is 7.47. The third-order valence-corrected chi connectivity index (χ3v) is 5.61. The van der Waals surface area contributed by atoms with E-state index in [9.17, 15) is 0 Å². The van der Waals surface area contributed by atoms with Crippen LogP contribution in [0.2, 0.25) is 0 Å². The van der Waals surface area contributed by atoms with E-state index in [-0.39, 0.29) is 12.4 Å². The molecule has 1 aliphatic heterocycles. The van der Waals surface area contributed by atoms with Gasteiger partial charge in [-0.25, -0.2) is 0 Å². The third-order valence-electron chi connectivity index (χ3n) is 5.61. The molecule has 1 saturated heterocycles. The van der Waals surface area contributed by atoms with Crippen LogP contribution >= 0.6 is 0 Å². The molecule has 1 aromatic rings. The van der Waals surface area contributed by atoms with Crippen LogP contribution in [0.25, 0.3) is 0 Å². The smallest absolute Gasteiger partial charge is 0.203 e. The Labute approximate surface area is 177 Å². The van der Waals surface area contributed by atoms with Crippen LogP contribution in [0.1, 0.15) is 57.4 Å². The Hall–Kier alpha value is -1.57. The van der Waals surface area contributed by atoms with Gasteiger partial charge < -0.3 is 31.1 Å². The maximum Gasteiger partial charge on any atom is 0.203 e. The number of methoxy groups -OCH3 is 3. The van der Waals surface area contributed by atoms with Crippen LogP contribution in [-0.4, -0.2) is 52.0 Å². The summed E-state index contributed by atoms with van der Waals surface area (Å²) in [5.41, 5.74) is 0.903. The molecule has 28 heavy (non-hydrogen) atoms. The van der Waals surface area contributed by atoms with Crippen molar-refractivity contribution in [2.45, 2.75) is 51.9 Å². The number of likely N-dealkylation sites (tertiary alicyclic amines) is 1. The average Bonchev–Trinajstić information content (AvgIpc) is 2.71. The molecule has 1 aromatic carbocycles. The lowest BCUT2D eigenvalue weighted by Gasteiger charge is -2.41. The molecule has 0 atom stereocenters. The Bertz CT molecular complexity index is 620. The fourth-order valence-electron chi connectivity index (χ4n) is 4.05. The summed E-state index contributed by atoms with van der Waals surface area (Å²) < 4.78 is 17.5. The topological polar surface area (TPSA) is 27.7 Å². The number of hydrogen-bond donors (Lipinski definition) is 0. The van der Waals surface area contributed by atoms with Crippen molar-refractivity contribution in [3.63, 3.8) is 0 Å². The molecule has 1 aliphatic rings. The quantitative estimate of drug-likeness (QED) is 0.352. The van der Waals surface area contributed by atoms with Crippen molar-refractivity contribution in [3.05, 3.63) is 17.7 Å². The molecule has 0 saturated carbocycles. The Kier molecular flexibility index (Phi) is 11.2. The maximum atomic E-state index is 5.42. The first kappa shape index (κ1) is 24.5. The van der Waals surface area contributed by atoms with Gasteiger partial charge in [0.2, 0.25) is 5.75 Å². The van der Waals surface area contributed by atoms with Crippen molar-refractivity contribution >= 4 is 0 Å². The van der Waals surface area contributed by atoms with E-state index in [1.165, 1.54) is 69.2 Å². The average molecular weight is 410 g/mol. The van der Waals surface area contributed by atoms with E-state index in [1.807, 2.05) is 12.1 Å². The highest BCUT2D eigenvalue weighted by Gasteiger charge is 2.28. The summed E-state index contributed by atoms with van der Waals surface area (Å²) in [6.07, 6.45) is 9.04. The van der Waals surface area contributed by atoms with Gasteiger partial charge in [0.25, 0.3) is 0 Å². The molecule has 0 unspecified atom stereocenters. The van der Waals surface area contributed by atoms with Crippen LogP contribution in [0.4, 0.5) is 0 Å². The molecule has 1 heterocycles. The SMILES string of the molecule is CCCCC[N+]1(CCC#Cc2cc(OC)c(OC)c(OC)c2)CCCCC1.[Cl-]. The van der Waals surface area contributed by atoms with Gasteiger partial charge in [-0.05, 0) is 44.2 Å². The Balaban J connectivity index is 0.00000392. The normalized spacial score (nSPS) is 15.0. The standard InChI is InChI=1S/C23H36NO3.ClH/c1-5-6-9-14-24(15-10-7-11-16-24)17-12-8-13-20-18-21(25-2)23(27-4)22(19-20)26-3;/h18-19H,5-7,9-12,14-17H2,1-4H3;1H/q+1;/p-1. The van der Waals surface area contributed by atoms with Crippen LogP contribution in [-0.2, 0) is 0 Å². The zero-order valence-corrected chi connectivity index (χ0v) is 18.7. The molecular formula is C23H36ClNO3. The fraction of sp³-hybridized carbons (Fsp3) is 0.652. The number of halogens is 1. The lowest BCUT2D eigenvalue weighted by Crippen LogP contribution is -3.00. The number of hydrogen-bond acceptors (Lipinski definition) is 3.